The highest BCUT2D eigenvalue weighted by Gasteiger charge is 2.30. The Balaban J connectivity index is 2.47. The van der Waals surface area contributed by atoms with Gasteiger partial charge >= 0.3 is 11.9 Å². The minimum atomic E-state index is -1.79. The van der Waals surface area contributed by atoms with Crippen molar-refractivity contribution >= 4 is 35.4 Å². The summed E-state index contributed by atoms with van der Waals surface area (Å²) in [5.74, 6) is -0.752. The molecule has 1 heterocycles. The fraction of sp³-hybridized carbons (Fsp3) is 0.900. The Morgan fingerprint density at radius 3 is 1.47 bits per heavy atom. The lowest BCUT2D eigenvalue weighted by atomic mass is 10.0. The fourth-order valence-corrected chi connectivity index (χ4v) is 8.80. The predicted molar refractivity (Wildman–Crippen MR) is 265 cm³/mol. The van der Waals surface area contributed by atoms with Gasteiger partial charge in [0.25, 0.3) is 0 Å². The second-order valence-corrected chi connectivity index (χ2v) is 19.5. The molecule has 0 aliphatic carbocycles. The van der Waals surface area contributed by atoms with Crippen LogP contribution in [0.15, 0.2) is 6.20 Å². The van der Waals surface area contributed by atoms with Crippen molar-refractivity contribution in [2.75, 3.05) is 30.0 Å². The maximum absolute atomic E-state index is 12.9. The molecule has 0 bridgehead atoms. The standard InChI is InChI=1S/C50H95N5O10S/c1-3-5-7-9-11-13-15-17-19-21-23-25-27-29-31-33-46(59)64-38-41(65-47(60)34-32-30-28-26-24-22-20-18-16-14-12-10-8-6-4-2)39-66-40-42(51)50(63)52-45-36-55(54-53-45)35-43(57)48(61)49(62)44(58)37-56/h36,41-44,48-49,56-58,61-62H,3-35,37-40,51H2,1-2H3,(H,52,63)/t41-,42-,43+,44-,48+,49-/m1/s1. The molecule has 66 heavy (non-hydrogen) atoms. The van der Waals surface area contributed by atoms with Crippen molar-refractivity contribution in [3.05, 3.63) is 6.20 Å². The Bertz CT molecular complexity index is 1310. The second kappa shape index (κ2) is 42.7. The zero-order valence-corrected chi connectivity index (χ0v) is 42.1. The molecule has 1 aromatic heterocycles. The molecule has 0 aromatic carbocycles. The van der Waals surface area contributed by atoms with E-state index in [0.29, 0.717) is 6.42 Å². The topological polar surface area (TPSA) is 240 Å². The Labute approximate surface area is 402 Å². The SMILES string of the molecule is CCCCCCCCCCCCCCCCCC(=O)OC[C@H](CSC[C@@H](N)C(=O)Nc1cn(C[C@H](O)[C@H](O)[C@H](O)[C@H](O)CO)nn1)OC(=O)CCCCCCCCCCCCCCCCC. The van der Waals surface area contributed by atoms with Crippen LogP contribution in [0.5, 0.6) is 0 Å². The van der Waals surface area contributed by atoms with Gasteiger partial charge in [-0.05, 0) is 12.8 Å². The molecule has 0 unspecified atom stereocenters. The number of thioether (sulfide) groups is 1. The molecule has 15 nitrogen and oxygen atoms in total. The molecule has 0 saturated carbocycles. The first-order valence-corrected chi connectivity index (χ1v) is 27.4. The van der Waals surface area contributed by atoms with Gasteiger partial charge in [-0.1, -0.05) is 199 Å². The van der Waals surface area contributed by atoms with Gasteiger partial charge in [-0.15, -0.1) is 5.10 Å². The van der Waals surface area contributed by atoms with Gasteiger partial charge in [-0.2, -0.15) is 11.8 Å². The first-order chi connectivity index (χ1) is 32.0. The molecule has 0 aliphatic rings. The van der Waals surface area contributed by atoms with Crippen LogP contribution in [0.2, 0.25) is 0 Å². The van der Waals surface area contributed by atoms with E-state index in [-0.39, 0.29) is 48.8 Å². The van der Waals surface area contributed by atoms with Crippen LogP contribution in [-0.2, 0) is 30.4 Å². The number of anilines is 1. The van der Waals surface area contributed by atoms with E-state index < -0.39 is 49.1 Å². The number of ether oxygens (including phenoxy) is 2. The van der Waals surface area contributed by atoms with Crippen LogP contribution >= 0.6 is 11.8 Å². The van der Waals surface area contributed by atoms with Gasteiger partial charge in [0.15, 0.2) is 5.82 Å². The van der Waals surface area contributed by atoms with Crippen molar-refractivity contribution in [3.63, 3.8) is 0 Å². The van der Waals surface area contributed by atoms with Crippen molar-refractivity contribution in [2.45, 2.75) is 262 Å². The average molecular weight is 958 g/mol. The number of esters is 2. The number of carbonyl (C=O) groups is 3. The van der Waals surface area contributed by atoms with Crippen LogP contribution in [-0.4, -0.2) is 120 Å². The maximum atomic E-state index is 12.9. The number of aliphatic hydroxyl groups excluding tert-OH is 5. The molecule has 0 aliphatic heterocycles. The summed E-state index contributed by atoms with van der Waals surface area (Å²) in [4.78, 5) is 38.5. The fourth-order valence-electron chi connectivity index (χ4n) is 7.83. The minimum Gasteiger partial charge on any atom is -0.462 e. The third kappa shape index (κ3) is 34.0. The molecule has 1 aromatic rings. The summed E-state index contributed by atoms with van der Waals surface area (Å²) < 4.78 is 12.5. The highest BCUT2D eigenvalue weighted by atomic mass is 32.2. The zero-order valence-electron chi connectivity index (χ0n) is 41.3. The summed E-state index contributed by atoms with van der Waals surface area (Å²) in [5, 5.41) is 58.8. The van der Waals surface area contributed by atoms with Crippen molar-refractivity contribution in [1.82, 2.24) is 15.0 Å². The Morgan fingerprint density at radius 1 is 0.621 bits per heavy atom. The summed E-state index contributed by atoms with van der Waals surface area (Å²) >= 11 is 1.30. The van der Waals surface area contributed by atoms with Crippen molar-refractivity contribution in [1.29, 1.82) is 0 Å². The number of nitrogens with two attached hydrogens (primary N) is 1. The molecule has 386 valence electrons. The lowest BCUT2D eigenvalue weighted by Crippen LogP contribution is -2.47. The number of rotatable bonds is 47. The highest BCUT2D eigenvalue weighted by Crippen LogP contribution is 2.18. The second-order valence-electron chi connectivity index (χ2n) is 18.5. The number of nitrogens with zero attached hydrogens (tertiary/aromatic N) is 3. The number of amides is 1. The van der Waals surface area contributed by atoms with Crippen molar-refractivity contribution < 1.29 is 49.4 Å². The lowest BCUT2D eigenvalue weighted by molar-refractivity contribution is -0.157. The first-order valence-electron chi connectivity index (χ1n) is 26.2. The van der Waals surface area contributed by atoms with Crippen molar-refractivity contribution in [2.24, 2.45) is 5.73 Å². The third-order valence-corrected chi connectivity index (χ3v) is 13.3. The van der Waals surface area contributed by atoms with E-state index in [1.165, 1.54) is 172 Å². The Morgan fingerprint density at radius 2 is 1.03 bits per heavy atom. The summed E-state index contributed by atoms with van der Waals surface area (Å²) in [6.45, 7) is 3.30. The Kier molecular flexibility index (Phi) is 39.9. The molecule has 0 radical (unpaired) electrons. The van der Waals surface area contributed by atoms with Crippen LogP contribution in [0.1, 0.15) is 219 Å². The number of hydrogen-bond acceptors (Lipinski definition) is 14. The molecular weight excluding hydrogens is 863 g/mol. The molecule has 8 N–H and O–H groups in total. The zero-order chi connectivity index (χ0) is 48.5. The minimum absolute atomic E-state index is 0.0321. The van der Waals surface area contributed by atoms with Crippen LogP contribution in [0.25, 0.3) is 0 Å². The quantitative estimate of drug-likeness (QED) is 0.0239. The monoisotopic (exact) mass is 958 g/mol. The number of carbonyl (C=O) groups excluding carboxylic acids is 3. The van der Waals surface area contributed by atoms with Crippen LogP contribution in [0, 0.1) is 0 Å². The summed E-state index contributed by atoms with van der Waals surface area (Å²) in [6, 6.07) is -0.980. The van der Waals surface area contributed by atoms with Gasteiger partial charge in [0, 0.05) is 24.3 Å². The van der Waals surface area contributed by atoms with Gasteiger partial charge in [0.05, 0.1) is 25.4 Å². The third-order valence-electron chi connectivity index (χ3n) is 12.1. The first kappa shape index (κ1) is 61.7. The molecule has 1 rings (SSSR count). The number of aliphatic hydroxyl groups is 5. The summed E-state index contributed by atoms with van der Waals surface area (Å²) in [5.41, 5.74) is 6.17. The van der Waals surface area contributed by atoms with Gasteiger partial charge < -0.3 is 46.1 Å². The largest absolute Gasteiger partial charge is 0.462 e. The average Bonchev–Trinajstić information content (AvgIpc) is 3.75. The van der Waals surface area contributed by atoms with E-state index in [9.17, 15) is 34.8 Å². The molecule has 6 atom stereocenters. The molecule has 16 heteroatoms. The maximum Gasteiger partial charge on any atom is 0.306 e. The van der Waals surface area contributed by atoms with E-state index in [0.717, 1.165) is 43.2 Å². The smallest absolute Gasteiger partial charge is 0.306 e. The van der Waals surface area contributed by atoms with E-state index in [1.807, 2.05) is 0 Å². The van der Waals surface area contributed by atoms with Crippen LogP contribution in [0.3, 0.4) is 0 Å². The van der Waals surface area contributed by atoms with E-state index >= 15 is 0 Å². The van der Waals surface area contributed by atoms with Crippen LogP contribution < -0.4 is 11.1 Å². The number of hydrogen-bond donors (Lipinski definition) is 7. The van der Waals surface area contributed by atoms with E-state index in [2.05, 4.69) is 29.5 Å². The summed E-state index contributed by atoms with van der Waals surface area (Å²) in [7, 11) is 0. The van der Waals surface area contributed by atoms with Gasteiger partial charge in [-0.25, -0.2) is 4.68 Å². The number of unbranched alkanes of at least 4 members (excludes halogenated alkanes) is 28. The van der Waals surface area contributed by atoms with E-state index in [1.54, 1.807) is 0 Å². The summed E-state index contributed by atoms with van der Waals surface area (Å²) in [6.07, 6.45) is 31.6. The molecular formula is C50H95N5O10S. The number of aromatic nitrogens is 3. The normalized spacial score (nSPS) is 14.4. The van der Waals surface area contributed by atoms with E-state index in [4.69, 9.17) is 20.3 Å². The van der Waals surface area contributed by atoms with Crippen LogP contribution in [0.4, 0.5) is 5.82 Å². The van der Waals surface area contributed by atoms with Crippen molar-refractivity contribution in [3.8, 4) is 0 Å². The number of nitrogens with one attached hydrogen (secondary N) is 1. The molecule has 0 spiro atoms. The molecule has 1 amide bonds. The van der Waals surface area contributed by atoms with Gasteiger partial charge in [0.2, 0.25) is 5.91 Å². The van der Waals surface area contributed by atoms with Gasteiger partial charge in [0.1, 0.15) is 37.1 Å². The lowest BCUT2D eigenvalue weighted by Gasteiger charge is -2.25. The molecule has 0 saturated heterocycles. The Hall–Kier alpha value is -2.34. The van der Waals surface area contributed by atoms with Gasteiger partial charge in [-0.3, -0.25) is 14.4 Å². The predicted octanol–water partition coefficient (Wildman–Crippen LogP) is 8.69. The molecule has 0 fully saturated rings. The highest BCUT2D eigenvalue weighted by molar-refractivity contribution is 7.99.